The number of primary amides is 1. The Balaban J connectivity index is 1.99. The quantitative estimate of drug-likeness (QED) is 0.919. The van der Waals surface area contributed by atoms with Crippen LogP contribution in [-0.2, 0) is 11.2 Å². The lowest BCUT2D eigenvalue weighted by molar-refractivity contribution is -0.0176. The molecule has 1 unspecified atom stereocenters. The van der Waals surface area contributed by atoms with Crippen LogP contribution in [0.15, 0.2) is 42.5 Å². The van der Waals surface area contributed by atoms with Gasteiger partial charge in [0.25, 0.3) is 0 Å². The minimum absolute atomic E-state index is 0.365. The van der Waals surface area contributed by atoms with Crippen molar-refractivity contribution in [1.82, 2.24) is 0 Å². The third-order valence-electron chi connectivity index (χ3n) is 4.38. The molecular formula is C20H20N2O3. The molecule has 128 valence electrons. The van der Waals surface area contributed by atoms with Crippen LogP contribution in [-0.4, -0.2) is 12.7 Å². The Hall–Kier alpha value is -3.00. The summed E-state index contributed by atoms with van der Waals surface area (Å²) in [4.78, 5) is 11.3. The van der Waals surface area contributed by atoms with Gasteiger partial charge >= 0.3 is 6.09 Å². The Morgan fingerprint density at radius 2 is 2.08 bits per heavy atom. The van der Waals surface area contributed by atoms with E-state index in [0.29, 0.717) is 18.8 Å². The molecule has 0 bridgehead atoms. The summed E-state index contributed by atoms with van der Waals surface area (Å²) in [5.74, 6) is 0.689. The van der Waals surface area contributed by atoms with Crippen LogP contribution in [0.4, 0.5) is 4.79 Å². The lowest BCUT2D eigenvalue weighted by atomic mass is 9.80. The van der Waals surface area contributed by atoms with Crippen LogP contribution in [0, 0.1) is 16.7 Å². The van der Waals surface area contributed by atoms with Gasteiger partial charge in [0, 0.05) is 11.0 Å². The zero-order valence-electron chi connectivity index (χ0n) is 14.3. The highest BCUT2D eigenvalue weighted by molar-refractivity contribution is 5.68. The number of rotatable bonds is 3. The fraction of sp³-hybridized carbons (Fsp3) is 0.300. The average Bonchev–Trinajstić information content (AvgIpc) is 2.57. The highest BCUT2D eigenvalue weighted by atomic mass is 16.6. The smallest absolute Gasteiger partial charge is 0.405 e. The van der Waals surface area contributed by atoms with Crippen LogP contribution >= 0.6 is 0 Å². The normalized spacial score (nSPS) is 17.7. The number of ether oxygens (including phenoxy) is 2. The molecule has 0 aliphatic carbocycles. The van der Waals surface area contributed by atoms with Crippen molar-refractivity contribution in [2.75, 3.05) is 6.61 Å². The highest BCUT2D eigenvalue weighted by Crippen LogP contribution is 2.46. The standard InChI is InChI=1S/C20H20N2O3/c1-20(2)12-24-17-11-15(6-7-16(17)18(20)25-19(22)23)14-5-3-4-13(10-14)8-9-21/h3-7,10-11,18H,8,12H2,1-2H3,(H2,22,23). The molecule has 0 fully saturated rings. The van der Waals surface area contributed by atoms with Crippen LogP contribution in [0.2, 0.25) is 0 Å². The van der Waals surface area contributed by atoms with Crippen molar-refractivity contribution in [1.29, 1.82) is 5.26 Å². The molecule has 25 heavy (non-hydrogen) atoms. The van der Waals surface area contributed by atoms with E-state index < -0.39 is 12.2 Å². The number of benzene rings is 2. The maximum atomic E-state index is 11.3. The molecule has 2 aromatic rings. The van der Waals surface area contributed by atoms with Gasteiger partial charge in [0.05, 0.1) is 19.1 Å². The van der Waals surface area contributed by atoms with E-state index in [0.717, 1.165) is 22.3 Å². The number of nitrogens with zero attached hydrogens (tertiary/aromatic N) is 1. The van der Waals surface area contributed by atoms with Gasteiger partial charge in [0.15, 0.2) is 0 Å². The number of fused-ring (bicyclic) bond motifs is 1. The maximum Gasteiger partial charge on any atom is 0.405 e. The first-order valence-electron chi connectivity index (χ1n) is 8.10. The Bertz CT molecular complexity index is 852. The molecular weight excluding hydrogens is 316 g/mol. The van der Waals surface area contributed by atoms with E-state index in [9.17, 15) is 4.79 Å². The molecule has 0 saturated heterocycles. The van der Waals surface area contributed by atoms with Gasteiger partial charge in [-0.1, -0.05) is 50.2 Å². The third-order valence-corrected chi connectivity index (χ3v) is 4.38. The summed E-state index contributed by atoms with van der Waals surface area (Å²) >= 11 is 0. The average molecular weight is 336 g/mol. The molecule has 1 aliphatic rings. The van der Waals surface area contributed by atoms with Crippen molar-refractivity contribution in [2.24, 2.45) is 11.1 Å². The zero-order valence-corrected chi connectivity index (χ0v) is 14.3. The number of hydrogen-bond donors (Lipinski definition) is 1. The maximum absolute atomic E-state index is 11.3. The topological polar surface area (TPSA) is 85.3 Å². The molecule has 0 saturated carbocycles. The van der Waals surface area contributed by atoms with E-state index in [-0.39, 0.29) is 5.41 Å². The number of amides is 1. The summed E-state index contributed by atoms with van der Waals surface area (Å²) in [6.07, 6.45) is -0.871. The van der Waals surface area contributed by atoms with E-state index >= 15 is 0 Å². The number of carbonyl (C=O) groups is 1. The summed E-state index contributed by atoms with van der Waals surface area (Å²) in [6, 6.07) is 15.8. The second-order valence-electron chi connectivity index (χ2n) is 6.88. The molecule has 5 nitrogen and oxygen atoms in total. The van der Waals surface area contributed by atoms with E-state index in [1.54, 1.807) is 0 Å². The van der Waals surface area contributed by atoms with Gasteiger partial charge in [-0.2, -0.15) is 5.26 Å². The number of nitrogens with two attached hydrogens (primary N) is 1. The number of carbonyl (C=O) groups excluding carboxylic acids is 1. The summed E-state index contributed by atoms with van der Waals surface area (Å²) in [7, 11) is 0. The molecule has 1 atom stereocenters. The van der Waals surface area contributed by atoms with Crippen molar-refractivity contribution in [3.63, 3.8) is 0 Å². The van der Waals surface area contributed by atoms with Crippen LogP contribution in [0.3, 0.4) is 0 Å². The fourth-order valence-corrected chi connectivity index (χ4v) is 3.11. The first-order valence-corrected chi connectivity index (χ1v) is 8.10. The Labute approximate surface area is 147 Å². The van der Waals surface area contributed by atoms with Crippen molar-refractivity contribution in [3.8, 4) is 22.9 Å². The van der Waals surface area contributed by atoms with E-state index in [1.165, 1.54) is 0 Å². The van der Waals surface area contributed by atoms with E-state index in [4.69, 9.17) is 20.5 Å². The van der Waals surface area contributed by atoms with Gasteiger partial charge in [0.1, 0.15) is 11.9 Å². The Kier molecular flexibility index (Phi) is 4.37. The molecule has 0 radical (unpaired) electrons. The first-order chi connectivity index (χ1) is 11.9. The second-order valence-corrected chi connectivity index (χ2v) is 6.88. The van der Waals surface area contributed by atoms with Gasteiger partial charge < -0.3 is 15.2 Å². The molecule has 5 heteroatoms. The van der Waals surface area contributed by atoms with Gasteiger partial charge in [-0.3, -0.25) is 0 Å². The monoisotopic (exact) mass is 336 g/mol. The van der Waals surface area contributed by atoms with Crippen LogP contribution < -0.4 is 10.5 Å². The summed E-state index contributed by atoms with van der Waals surface area (Å²) in [5.41, 5.74) is 8.65. The number of nitriles is 1. The van der Waals surface area contributed by atoms with Crippen molar-refractivity contribution in [2.45, 2.75) is 26.4 Å². The fourth-order valence-electron chi connectivity index (χ4n) is 3.11. The summed E-state index contributed by atoms with van der Waals surface area (Å²) < 4.78 is 11.3. The second kappa shape index (κ2) is 6.48. The predicted octanol–water partition coefficient (Wildman–Crippen LogP) is 3.97. The van der Waals surface area contributed by atoms with E-state index in [1.807, 2.05) is 56.3 Å². The molecule has 1 aliphatic heterocycles. The molecule has 2 N–H and O–H groups in total. The van der Waals surface area contributed by atoms with Crippen LogP contribution in [0.5, 0.6) is 5.75 Å². The summed E-state index contributed by atoms with van der Waals surface area (Å²) in [6.45, 7) is 4.38. The zero-order chi connectivity index (χ0) is 18.0. The molecule has 0 aromatic heterocycles. The van der Waals surface area contributed by atoms with E-state index in [2.05, 4.69) is 6.07 Å². The van der Waals surface area contributed by atoms with Crippen LogP contribution in [0.25, 0.3) is 11.1 Å². The minimum atomic E-state index is -0.792. The highest BCUT2D eigenvalue weighted by Gasteiger charge is 2.40. The van der Waals surface area contributed by atoms with Crippen molar-refractivity contribution < 1.29 is 14.3 Å². The molecule has 1 heterocycles. The SMILES string of the molecule is CC1(C)COc2cc(-c3cccc(CC#N)c3)ccc2C1OC(N)=O. The predicted molar refractivity (Wildman–Crippen MR) is 93.9 cm³/mol. The van der Waals surface area contributed by atoms with Gasteiger partial charge in [-0.05, 0) is 22.8 Å². The minimum Gasteiger partial charge on any atom is -0.492 e. The van der Waals surface area contributed by atoms with Gasteiger partial charge in [-0.15, -0.1) is 0 Å². The molecule has 3 rings (SSSR count). The Morgan fingerprint density at radius 1 is 1.32 bits per heavy atom. The van der Waals surface area contributed by atoms with Crippen molar-refractivity contribution in [3.05, 3.63) is 53.6 Å². The molecule has 2 aromatic carbocycles. The largest absolute Gasteiger partial charge is 0.492 e. The third kappa shape index (κ3) is 3.43. The molecule has 1 amide bonds. The first kappa shape index (κ1) is 16.8. The number of hydrogen-bond acceptors (Lipinski definition) is 4. The lowest BCUT2D eigenvalue weighted by Crippen LogP contribution is -2.37. The summed E-state index contributed by atoms with van der Waals surface area (Å²) in [5, 5.41) is 8.87. The van der Waals surface area contributed by atoms with Gasteiger partial charge in [-0.25, -0.2) is 4.79 Å². The molecule has 0 spiro atoms. The van der Waals surface area contributed by atoms with Crippen molar-refractivity contribution >= 4 is 6.09 Å². The van der Waals surface area contributed by atoms with Crippen LogP contribution in [0.1, 0.15) is 31.1 Å². The van der Waals surface area contributed by atoms with Gasteiger partial charge in [0.2, 0.25) is 0 Å². The lowest BCUT2D eigenvalue weighted by Gasteiger charge is -2.38. The Morgan fingerprint density at radius 3 is 2.80 bits per heavy atom.